The molecule has 4 nitrogen and oxygen atoms in total. The highest BCUT2D eigenvalue weighted by Gasteiger charge is 2.33. The molecule has 0 bridgehead atoms. The molecule has 1 aliphatic rings. The topological polar surface area (TPSA) is 32.3 Å². The number of rotatable bonds is 5. The molecule has 2 heterocycles. The third kappa shape index (κ3) is 3.74. The van der Waals surface area contributed by atoms with Crippen LogP contribution in [0.2, 0.25) is 0 Å². The van der Waals surface area contributed by atoms with Gasteiger partial charge in [0.2, 0.25) is 0 Å². The van der Waals surface area contributed by atoms with Gasteiger partial charge in [0.05, 0.1) is 0 Å². The lowest BCUT2D eigenvalue weighted by atomic mass is 9.98. The second kappa shape index (κ2) is 6.44. The van der Waals surface area contributed by atoms with E-state index in [1.807, 2.05) is 19.3 Å². The number of hydrogen-bond donors (Lipinski definition) is 0. The molecule has 2 unspecified atom stereocenters. The Bertz CT molecular complexity index is 388. The fourth-order valence-electron chi connectivity index (χ4n) is 3.07. The van der Waals surface area contributed by atoms with E-state index in [0.717, 1.165) is 24.8 Å². The van der Waals surface area contributed by atoms with Crippen LogP contribution in [0, 0.1) is 12.8 Å². The van der Waals surface area contributed by atoms with Gasteiger partial charge in [-0.15, -0.1) is 0 Å². The van der Waals surface area contributed by atoms with Gasteiger partial charge < -0.3 is 4.90 Å². The Hall–Kier alpha value is -1.00. The first-order valence-corrected chi connectivity index (χ1v) is 7.26. The van der Waals surface area contributed by atoms with E-state index in [2.05, 4.69) is 40.8 Å². The van der Waals surface area contributed by atoms with Crippen LogP contribution in [-0.2, 0) is 6.54 Å². The van der Waals surface area contributed by atoms with E-state index in [-0.39, 0.29) is 0 Å². The number of nitrogens with zero attached hydrogens (tertiary/aromatic N) is 4. The lowest BCUT2D eigenvalue weighted by Gasteiger charge is -2.24. The van der Waals surface area contributed by atoms with Crippen LogP contribution < -0.4 is 0 Å². The third-order valence-corrected chi connectivity index (χ3v) is 4.05. The van der Waals surface area contributed by atoms with Gasteiger partial charge in [-0.2, -0.15) is 0 Å². The summed E-state index contributed by atoms with van der Waals surface area (Å²) in [5.74, 6) is 1.64. The minimum Gasteiger partial charge on any atom is -0.305 e. The van der Waals surface area contributed by atoms with Crippen LogP contribution in [0.1, 0.15) is 31.2 Å². The predicted octanol–water partition coefficient (Wildman–Crippen LogP) is 1.95. The first-order chi connectivity index (χ1) is 9.10. The fourth-order valence-corrected chi connectivity index (χ4v) is 3.07. The van der Waals surface area contributed by atoms with Crippen molar-refractivity contribution in [3.8, 4) is 0 Å². The minimum absolute atomic E-state index is 0.686. The van der Waals surface area contributed by atoms with E-state index in [9.17, 15) is 0 Å². The second-order valence-corrected chi connectivity index (χ2v) is 5.91. The molecule has 1 aromatic rings. The average Bonchev–Trinajstić information content (AvgIpc) is 2.76. The smallest absolute Gasteiger partial charge is 0.125 e. The van der Waals surface area contributed by atoms with E-state index in [1.165, 1.54) is 24.9 Å². The lowest BCUT2D eigenvalue weighted by molar-refractivity contribution is 0.238. The Morgan fingerprint density at radius 1 is 1.26 bits per heavy atom. The lowest BCUT2D eigenvalue weighted by Crippen LogP contribution is -2.35. The molecule has 0 N–H and O–H groups in total. The van der Waals surface area contributed by atoms with E-state index in [4.69, 9.17) is 0 Å². The summed E-state index contributed by atoms with van der Waals surface area (Å²) in [6.45, 7) is 7.54. The van der Waals surface area contributed by atoms with Crippen LogP contribution >= 0.6 is 0 Å². The molecule has 106 valence electrons. The molecule has 1 fully saturated rings. The summed E-state index contributed by atoms with van der Waals surface area (Å²) in [5, 5.41) is 0. The molecule has 1 aromatic heterocycles. The van der Waals surface area contributed by atoms with E-state index in [1.54, 1.807) is 0 Å². The molecule has 0 amide bonds. The molecule has 1 saturated heterocycles. The Morgan fingerprint density at radius 2 is 1.95 bits per heavy atom. The van der Waals surface area contributed by atoms with Gasteiger partial charge in [-0.3, -0.25) is 4.90 Å². The van der Waals surface area contributed by atoms with Crippen molar-refractivity contribution in [3.05, 3.63) is 23.8 Å². The molecular formula is C15H26N4. The zero-order valence-corrected chi connectivity index (χ0v) is 12.6. The first kappa shape index (κ1) is 14.4. The van der Waals surface area contributed by atoms with Crippen molar-refractivity contribution in [2.45, 2.75) is 39.3 Å². The van der Waals surface area contributed by atoms with Crippen molar-refractivity contribution in [2.75, 3.05) is 27.2 Å². The number of aromatic nitrogens is 2. The van der Waals surface area contributed by atoms with Crippen molar-refractivity contribution in [1.29, 1.82) is 0 Å². The molecule has 2 atom stereocenters. The summed E-state index contributed by atoms with van der Waals surface area (Å²) in [5.41, 5.74) is 1.22. The summed E-state index contributed by atoms with van der Waals surface area (Å²) < 4.78 is 0. The summed E-state index contributed by atoms with van der Waals surface area (Å²) >= 11 is 0. The molecule has 19 heavy (non-hydrogen) atoms. The van der Waals surface area contributed by atoms with Crippen LogP contribution in [0.3, 0.4) is 0 Å². The number of hydrogen-bond acceptors (Lipinski definition) is 4. The van der Waals surface area contributed by atoms with Gasteiger partial charge in [0.1, 0.15) is 5.82 Å². The van der Waals surface area contributed by atoms with Crippen molar-refractivity contribution in [1.82, 2.24) is 19.8 Å². The molecular weight excluding hydrogens is 236 g/mol. The van der Waals surface area contributed by atoms with Gasteiger partial charge in [-0.05, 0) is 33.4 Å². The quantitative estimate of drug-likeness (QED) is 0.812. The molecule has 4 heteroatoms. The van der Waals surface area contributed by atoms with Crippen molar-refractivity contribution >= 4 is 0 Å². The predicted molar refractivity (Wildman–Crippen MR) is 77.9 cm³/mol. The van der Waals surface area contributed by atoms with Gasteiger partial charge in [-0.25, -0.2) is 9.97 Å². The number of likely N-dealkylation sites (tertiary alicyclic amines) is 1. The average molecular weight is 262 g/mol. The summed E-state index contributed by atoms with van der Waals surface area (Å²) in [4.78, 5) is 13.5. The largest absolute Gasteiger partial charge is 0.305 e. The summed E-state index contributed by atoms with van der Waals surface area (Å²) in [7, 11) is 4.40. The molecule has 0 saturated carbocycles. The van der Waals surface area contributed by atoms with Crippen LogP contribution in [-0.4, -0.2) is 53.0 Å². The third-order valence-electron chi connectivity index (χ3n) is 4.05. The summed E-state index contributed by atoms with van der Waals surface area (Å²) in [6.07, 6.45) is 6.51. The van der Waals surface area contributed by atoms with Crippen LogP contribution in [0.5, 0.6) is 0 Å². The Labute approximate surface area is 116 Å². The number of aryl methyl sites for hydroxylation is 1. The van der Waals surface area contributed by atoms with Crippen molar-refractivity contribution < 1.29 is 0 Å². The Morgan fingerprint density at radius 3 is 2.53 bits per heavy atom. The Kier molecular flexibility index (Phi) is 4.88. The maximum atomic E-state index is 4.28. The molecule has 0 aliphatic carbocycles. The molecule has 0 aromatic carbocycles. The summed E-state index contributed by atoms with van der Waals surface area (Å²) in [6, 6.07) is 0.686. The standard InChI is InChI=1S/C15H26N4/c1-5-6-14-10-19(11-15(14)18(3)4)9-13-7-16-12(2)17-8-13/h7-8,14-15H,5-6,9-11H2,1-4H3. The SMILES string of the molecule is CCCC1CN(Cc2cnc(C)nc2)CC1N(C)C. The highest BCUT2D eigenvalue weighted by atomic mass is 15.2. The van der Waals surface area contributed by atoms with Crippen molar-refractivity contribution in [2.24, 2.45) is 5.92 Å². The van der Waals surface area contributed by atoms with Gasteiger partial charge in [0.15, 0.2) is 0 Å². The normalized spacial score (nSPS) is 24.3. The maximum absolute atomic E-state index is 4.28. The van der Waals surface area contributed by atoms with Gasteiger partial charge in [0, 0.05) is 43.6 Å². The zero-order valence-electron chi connectivity index (χ0n) is 12.6. The van der Waals surface area contributed by atoms with E-state index < -0.39 is 0 Å². The van der Waals surface area contributed by atoms with Gasteiger partial charge >= 0.3 is 0 Å². The van der Waals surface area contributed by atoms with E-state index >= 15 is 0 Å². The molecule has 2 rings (SSSR count). The highest BCUT2D eigenvalue weighted by molar-refractivity contribution is 5.05. The second-order valence-electron chi connectivity index (χ2n) is 5.91. The first-order valence-electron chi connectivity index (χ1n) is 7.26. The minimum atomic E-state index is 0.686. The number of likely N-dealkylation sites (N-methyl/N-ethyl adjacent to an activating group) is 1. The van der Waals surface area contributed by atoms with E-state index in [0.29, 0.717) is 6.04 Å². The van der Waals surface area contributed by atoms with Gasteiger partial charge in [-0.1, -0.05) is 13.3 Å². The van der Waals surface area contributed by atoms with Crippen LogP contribution in [0.25, 0.3) is 0 Å². The van der Waals surface area contributed by atoms with Crippen LogP contribution in [0.15, 0.2) is 12.4 Å². The molecule has 0 radical (unpaired) electrons. The van der Waals surface area contributed by atoms with Gasteiger partial charge in [0.25, 0.3) is 0 Å². The molecule has 0 spiro atoms. The monoisotopic (exact) mass is 262 g/mol. The van der Waals surface area contributed by atoms with Crippen molar-refractivity contribution in [3.63, 3.8) is 0 Å². The maximum Gasteiger partial charge on any atom is 0.125 e. The Balaban J connectivity index is 1.97. The zero-order chi connectivity index (χ0) is 13.8. The highest BCUT2D eigenvalue weighted by Crippen LogP contribution is 2.25. The molecule has 1 aliphatic heterocycles. The fraction of sp³-hybridized carbons (Fsp3) is 0.733. The van der Waals surface area contributed by atoms with Crippen LogP contribution in [0.4, 0.5) is 0 Å².